The first-order valence-corrected chi connectivity index (χ1v) is 11.9. The number of nitrogens with zero attached hydrogens (tertiary/aromatic N) is 1. The summed E-state index contributed by atoms with van der Waals surface area (Å²) < 4.78 is 0. The number of thioether (sulfide) groups is 1. The van der Waals surface area contributed by atoms with Crippen LogP contribution in [-0.2, 0) is 21.9 Å². The van der Waals surface area contributed by atoms with Crippen LogP contribution >= 0.6 is 35.0 Å². The normalized spacial score (nSPS) is 11.8. The van der Waals surface area contributed by atoms with Gasteiger partial charge in [-0.2, -0.15) is 0 Å². The molecule has 1 unspecified atom stereocenters. The molecule has 1 N–H and O–H groups in total. The number of carbonyl (C=O) groups excluding carboxylic acids is 2. The van der Waals surface area contributed by atoms with Gasteiger partial charge in [-0.1, -0.05) is 66.0 Å². The molecule has 162 valence electrons. The fourth-order valence-electron chi connectivity index (χ4n) is 3.07. The number of nitrogens with one attached hydrogen (secondary N) is 1. The topological polar surface area (TPSA) is 49.4 Å². The summed E-state index contributed by atoms with van der Waals surface area (Å²) in [6, 6.07) is 13.0. The van der Waals surface area contributed by atoms with E-state index in [-0.39, 0.29) is 11.8 Å². The van der Waals surface area contributed by atoms with Crippen LogP contribution in [0.5, 0.6) is 0 Å². The molecule has 0 aliphatic rings. The van der Waals surface area contributed by atoms with Gasteiger partial charge in [-0.05, 0) is 43.5 Å². The van der Waals surface area contributed by atoms with Crippen LogP contribution in [0.1, 0.15) is 37.0 Å². The maximum atomic E-state index is 13.1. The highest BCUT2D eigenvalue weighted by Crippen LogP contribution is 2.24. The van der Waals surface area contributed by atoms with E-state index >= 15 is 0 Å². The molecule has 0 spiro atoms. The SMILES string of the molecule is CCNC(=O)C(CC)N(Cc1ccc(Cl)c(Cl)c1)C(=O)CSCc1ccc(C)cc1. The molecule has 0 aliphatic carbocycles. The summed E-state index contributed by atoms with van der Waals surface area (Å²) >= 11 is 13.7. The maximum Gasteiger partial charge on any atom is 0.242 e. The number of benzene rings is 2. The molecule has 0 aromatic heterocycles. The number of aryl methyl sites for hydroxylation is 1. The lowest BCUT2D eigenvalue weighted by molar-refractivity contribution is -0.139. The lowest BCUT2D eigenvalue weighted by Crippen LogP contribution is -2.49. The van der Waals surface area contributed by atoms with E-state index in [0.717, 1.165) is 11.3 Å². The minimum absolute atomic E-state index is 0.0729. The Bertz CT molecular complexity index is 859. The van der Waals surface area contributed by atoms with Crippen LogP contribution in [0.25, 0.3) is 0 Å². The Labute approximate surface area is 193 Å². The smallest absolute Gasteiger partial charge is 0.242 e. The van der Waals surface area contributed by atoms with Crippen molar-refractivity contribution in [3.63, 3.8) is 0 Å². The number of halogens is 2. The molecule has 0 aliphatic heterocycles. The number of amides is 2. The second kappa shape index (κ2) is 12.2. The Morgan fingerprint density at radius 2 is 1.70 bits per heavy atom. The molecular formula is C23H28Cl2N2O2S. The van der Waals surface area contributed by atoms with Crippen molar-refractivity contribution in [3.05, 3.63) is 69.2 Å². The molecule has 2 amide bonds. The summed E-state index contributed by atoms with van der Waals surface area (Å²) in [5.41, 5.74) is 3.22. The van der Waals surface area contributed by atoms with Crippen LogP contribution in [0.3, 0.4) is 0 Å². The van der Waals surface area contributed by atoms with Gasteiger partial charge in [0.05, 0.1) is 15.8 Å². The van der Waals surface area contributed by atoms with E-state index in [4.69, 9.17) is 23.2 Å². The van der Waals surface area contributed by atoms with E-state index in [0.29, 0.717) is 35.3 Å². The van der Waals surface area contributed by atoms with Crippen molar-refractivity contribution in [2.45, 2.75) is 45.5 Å². The van der Waals surface area contributed by atoms with E-state index < -0.39 is 6.04 Å². The minimum Gasteiger partial charge on any atom is -0.355 e. The van der Waals surface area contributed by atoms with Crippen molar-refractivity contribution in [1.29, 1.82) is 0 Å². The van der Waals surface area contributed by atoms with E-state index in [1.54, 1.807) is 28.8 Å². The Balaban J connectivity index is 2.13. The predicted molar refractivity (Wildman–Crippen MR) is 127 cm³/mol. The molecule has 0 radical (unpaired) electrons. The van der Waals surface area contributed by atoms with Gasteiger partial charge in [0.1, 0.15) is 6.04 Å². The van der Waals surface area contributed by atoms with Crippen molar-refractivity contribution in [2.24, 2.45) is 0 Å². The lowest BCUT2D eigenvalue weighted by atomic mass is 10.1. The molecule has 0 heterocycles. The van der Waals surface area contributed by atoms with Crippen LogP contribution in [0.4, 0.5) is 0 Å². The van der Waals surface area contributed by atoms with E-state index in [2.05, 4.69) is 29.6 Å². The van der Waals surface area contributed by atoms with Crippen molar-refractivity contribution in [3.8, 4) is 0 Å². The third kappa shape index (κ3) is 7.22. The molecule has 2 rings (SSSR count). The summed E-state index contributed by atoms with van der Waals surface area (Å²) in [5.74, 6) is 0.823. The molecule has 0 saturated heterocycles. The van der Waals surface area contributed by atoms with Gasteiger partial charge in [0.2, 0.25) is 11.8 Å². The van der Waals surface area contributed by atoms with Gasteiger partial charge < -0.3 is 10.2 Å². The Kier molecular flexibility index (Phi) is 10.0. The van der Waals surface area contributed by atoms with Gasteiger partial charge in [0.15, 0.2) is 0 Å². The van der Waals surface area contributed by atoms with E-state index in [1.807, 2.05) is 26.8 Å². The number of carbonyl (C=O) groups is 2. The fourth-order valence-corrected chi connectivity index (χ4v) is 4.26. The Hall–Kier alpha value is -1.69. The van der Waals surface area contributed by atoms with Gasteiger partial charge in [-0.15, -0.1) is 11.8 Å². The number of hydrogen-bond donors (Lipinski definition) is 1. The van der Waals surface area contributed by atoms with Crippen LogP contribution in [-0.4, -0.2) is 35.1 Å². The Morgan fingerprint density at radius 3 is 2.30 bits per heavy atom. The summed E-state index contributed by atoms with van der Waals surface area (Å²) in [6.45, 7) is 6.65. The Morgan fingerprint density at radius 1 is 1.03 bits per heavy atom. The third-order valence-electron chi connectivity index (χ3n) is 4.69. The lowest BCUT2D eigenvalue weighted by Gasteiger charge is -2.30. The quantitative estimate of drug-likeness (QED) is 0.504. The standard InChI is InChI=1S/C23H28Cl2N2O2S/c1-4-21(23(29)26-5-2)27(13-18-10-11-19(24)20(25)12-18)22(28)15-30-14-17-8-6-16(3)7-9-17/h6-12,21H,4-5,13-15H2,1-3H3,(H,26,29). The molecule has 2 aromatic carbocycles. The average molecular weight is 467 g/mol. The third-order valence-corrected chi connectivity index (χ3v) is 6.42. The summed E-state index contributed by atoms with van der Waals surface area (Å²) in [7, 11) is 0. The highest BCUT2D eigenvalue weighted by Gasteiger charge is 2.28. The molecule has 1 atom stereocenters. The second-order valence-electron chi connectivity index (χ2n) is 7.07. The van der Waals surface area contributed by atoms with E-state index in [1.165, 1.54) is 11.1 Å². The molecule has 4 nitrogen and oxygen atoms in total. The molecule has 0 saturated carbocycles. The van der Waals surface area contributed by atoms with E-state index in [9.17, 15) is 9.59 Å². The van der Waals surface area contributed by atoms with Crippen LogP contribution in [0, 0.1) is 6.92 Å². The first-order chi connectivity index (χ1) is 14.3. The van der Waals surface area contributed by atoms with Crippen molar-refractivity contribution >= 4 is 46.8 Å². The van der Waals surface area contributed by atoms with Crippen LogP contribution < -0.4 is 5.32 Å². The van der Waals surface area contributed by atoms with Crippen LogP contribution in [0.2, 0.25) is 10.0 Å². The zero-order valence-corrected chi connectivity index (χ0v) is 19.9. The van der Waals surface area contributed by atoms with Gasteiger partial charge in [-0.25, -0.2) is 0 Å². The molecule has 7 heteroatoms. The first kappa shape index (κ1) is 24.6. The fraction of sp³-hybridized carbons (Fsp3) is 0.391. The maximum absolute atomic E-state index is 13.1. The van der Waals surface area contributed by atoms with Crippen molar-refractivity contribution in [2.75, 3.05) is 12.3 Å². The molecular weight excluding hydrogens is 439 g/mol. The van der Waals surface area contributed by atoms with Gasteiger partial charge in [-0.3, -0.25) is 9.59 Å². The van der Waals surface area contributed by atoms with Gasteiger partial charge in [0.25, 0.3) is 0 Å². The minimum atomic E-state index is -0.535. The summed E-state index contributed by atoms with van der Waals surface area (Å²) in [5, 5.41) is 3.73. The van der Waals surface area contributed by atoms with Gasteiger partial charge in [0, 0.05) is 18.8 Å². The average Bonchev–Trinajstić information content (AvgIpc) is 2.72. The van der Waals surface area contributed by atoms with Crippen LogP contribution in [0.15, 0.2) is 42.5 Å². The molecule has 30 heavy (non-hydrogen) atoms. The highest BCUT2D eigenvalue weighted by molar-refractivity contribution is 7.99. The first-order valence-electron chi connectivity index (χ1n) is 10.00. The molecule has 0 bridgehead atoms. The molecule has 2 aromatic rings. The number of rotatable bonds is 10. The van der Waals surface area contributed by atoms with Gasteiger partial charge >= 0.3 is 0 Å². The largest absolute Gasteiger partial charge is 0.355 e. The number of hydrogen-bond acceptors (Lipinski definition) is 3. The highest BCUT2D eigenvalue weighted by atomic mass is 35.5. The van der Waals surface area contributed by atoms with Crippen molar-refractivity contribution < 1.29 is 9.59 Å². The summed E-state index contributed by atoms with van der Waals surface area (Å²) in [4.78, 5) is 27.4. The molecule has 0 fully saturated rings. The second-order valence-corrected chi connectivity index (χ2v) is 8.87. The monoisotopic (exact) mass is 466 g/mol. The predicted octanol–water partition coefficient (Wildman–Crippen LogP) is 5.48. The zero-order valence-electron chi connectivity index (χ0n) is 17.6. The van der Waals surface area contributed by atoms with Crippen molar-refractivity contribution in [1.82, 2.24) is 10.2 Å². The number of likely N-dealkylation sites (N-methyl/N-ethyl adjacent to an activating group) is 1. The zero-order chi connectivity index (χ0) is 22.1. The summed E-state index contributed by atoms with van der Waals surface area (Å²) in [6.07, 6.45) is 0.529.